The molecule has 27 heavy (non-hydrogen) atoms. The number of rotatable bonds is 4. The molecule has 8 heteroatoms. The Balaban J connectivity index is 1.95. The maximum absolute atomic E-state index is 12.7. The number of benzene rings is 2. The van der Waals surface area contributed by atoms with Gasteiger partial charge in [0.15, 0.2) is 0 Å². The van der Waals surface area contributed by atoms with Crippen LogP contribution in [0.5, 0.6) is 0 Å². The molecule has 0 saturated carbocycles. The van der Waals surface area contributed by atoms with Crippen LogP contribution in [-0.2, 0) is 6.54 Å². The number of aromatic amines is 1. The molecule has 1 heterocycles. The highest BCUT2D eigenvalue weighted by atomic mass is 35.5. The first-order valence-corrected chi connectivity index (χ1v) is 8.76. The number of carbonyl (C=O) groups excluding carboxylic acids is 1. The summed E-state index contributed by atoms with van der Waals surface area (Å²) in [7, 11) is 0. The van der Waals surface area contributed by atoms with E-state index in [-0.39, 0.29) is 12.1 Å². The van der Waals surface area contributed by atoms with E-state index in [2.05, 4.69) is 10.3 Å². The van der Waals surface area contributed by atoms with Gasteiger partial charge in [-0.15, -0.1) is 0 Å². The van der Waals surface area contributed by atoms with Crippen molar-refractivity contribution in [2.75, 3.05) is 5.32 Å². The number of amides is 1. The van der Waals surface area contributed by atoms with Crippen molar-refractivity contribution in [2.45, 2.75) is 13.5 Å². The number of hydrogen-bond acceptors (Lipinski definition) is 3. The van der Waals surface area contributed by atoms with Crippen LogP contribution in [0.4, 0.5) is 5.69 Å². The Morgan fingerprint density at radius 3 is 2.56 bits per heavy atom. The zero-order valence-corrected chi connectivity index (χ0v) is 15.8. The number of anilines is 1. The lowest BCUT2D eigenvalue weighted by Gasteiger charge is -2.10. The monoisotopic (exact) mass is 403 g/mol. The normalized spacial score (nSPS) is 10.6. The lowest BCUT2D eigenvalue weighted by Crippen LogP contribution is -2.39. The minimum Gasteiger partial charge on any atom is -0.320 e. The van der Waals surface area contributed by atoms with Crippen LogP contribution in [0.2, 0.25) is 10.0 Å². The number of H-pyrrole nitrogens is 1. The summed E-state index contributed by atoms with van der Waals surface area (Å²) >= 11 is 12.2. The van der Waals surface area contributed by atoms with E-state index in [0.717, 1.165) is 16.3 Å². The van der Waals surface area contributed by atoms with Gasteiger partial charge in [-0.1, -0.05) is 47.5 Å². The second-order valence-corrected chi connectivity index (χ2v) is 6.74. The molecule has 0 aliphatic carbocycles. The molecule has 0 fully saturated rings. The Morgan fingerprint density at radius 2 is 1.85 bits per heavy atom. The standard InChI is InChI=1S/C19H15Cl2N3O3/c1-11-6-7-16(15(21)8-11)23-17(25)13-9-22-19(27)24(18(13)26)10-12-4-2-3-5-14(12)20/h2-9H,10H2,1H3,(H,22,27)(H,23,25). The third-order valence-corrected chi connectivity index (χ3v) is 4.65. The van der Waals surface area contributed by atoms with Crippen LogP contribution >= 0.6 is 23.2 Å². The van der Waals surface area contributed by atoms with E-state index < -0.39 is 17.2 Å². The van der Waals surface area contributed by atoms with Gasteiger partial charge < -0.3 is 10.3 Å². The quantitative estimate of drug-likeness (QED) is 0.699. The Hall–Kier alpha value is -2.83. The number of carbonyl (C=O) groups is 1. The first kappa shape index (κ1) is 18.9. The summed E-state index contributed by atoms with van der Waals surface area (Å²) in [6.45, 7) is 1.81. The van der Waals surface area contributed by atoms with Gasteiger partial charge in [0.2, 0.25) is 0 Å². The molecule has 0 saturated heterocycles. The number of hydrogen-bond donors (Lipinski definition) is 2. The average molecular weight is 404 g/mol. The predicted octanol–water partition coefficient (Wildman–Crippen LogP) is 3.45. The van der Waals surface area contributed by atoms with Gasteiger partial charge in [-0.25, -0.2) is 4.79 Å². The molecule has 138 valence electrons. The molecule has 0 atom stereocenters. The molecule has 0 aliphatic heterocycles. The highest BCUT2D eigenvalue weighted by molar-refractivity contribution is 6.34. The number of nitrogens with one attached hydrogen (secondary N) is 2. The second kappa shape index (κ2) is 7.82. The Labute approximate surface area is 164 Å². The molecule has 0 radical (unpaired) electrons. The van der Waals surface area contributed by atoms with Crippen LogP contribution in [-0.4, -0.2) is 15.5 Å². The highest BCUT2D eigenvalue weighted by Gasteiger charge is 2.16. The predicted molar refractivity (Wildman–Crippen MR) is 106 cm³/mol. The van der Waals surface area contributed by atoms with Crippen LogP contribution in [0.15, 0.2) is 58.3 Å². The first-order valence-electron chi connectivity index (χ1n) is 8.00. The van der Waals surface area contributed by atoms with Gasteiger partial charge in [0.1, 0.15) is 5.56 Å². The van der Waals surface area contributed by atoms with Crippen LogP contribution < -0.4 is 16.6 Å². The molecule has 0 aliphatic rings. The molecule has 6 nitrogen and oxygen atoms in total. The number of aryl methyl sites for hydroxylation is 1. The van der Waals surface area contributed by atoms with E-state index in [1.54, 1.807) is 42.5 Å². The van der Waals surface area contributed by atoms with Gasteiger partial charge in [0.25, 0.3) is 11.5 Å². The van der Waals surface area contributed by atoms with Gasteiger partial charge in [-0.05, 0) is 36.2 Å². The molecule has 1 amide bonds. The maximum atomic E-state index is 12.7. The minimum atomic E-state index is -0.723. The Kier molecular flexibility index (Phi) is 5.48. The molecule has 0 spiro atoms. The van der Waals surface area contributed by atoms with Crippen molar-refractivity contribution in [1.82, 2.24) is 9.55 Å². The molecule has 0 bridgehead atoms. The van der Waals surface area contributed by atoms with E-state index >= 15 is 0 Å². The zero-order valence-electron chi connectivity index (χ0n) is 14.3. The molecule has 1 aromatic heterocycles. The van der Waals surface area contributed by atoms with E-state index in [0.29, 0.717) is 21.3 Å². The van der Waals surface area contributed by atoms with Crippen molar-refractivity contribution >= 4 is 34.8 Å². The summed E-state index contributed by atoms with van der Waals surface area (Å²) in [5.74, 6) is -0.671. The number of halogens is 2. The highest BCUT2D eigenvalue weighted by Crippen LogP contribution is 2.23. The largest absolute Gasteiger partial charge is 0.328 e. The second-order valence-electron chi connectivity index (χ2n) is 5.93. The number of nitrogens with zero attached hydrogens (tertiary/aromatic N) is 1. The molecule has 0 unspecified atom stereocenters. The van der Waals surface area contributed by atoms with E-state index in [9.17, 15) is 14.4 Å². The van der Waals surface area contributed by atoms with Crippen molar-refractivity contribution in [2.24, 2.45) is 0 Å². The van der Waals surface area contributed by atoms with Crippen molar-refractivity contribution in [3.63, 3.8) is 0 Å². The topological polar surface area (TPSA) is 84.0 Å². The van der Waals surface area contributed by atoms with E-state index in [4.69, 9.17) is 23.2 Å². The minimum absolute atomic E-state index is 0.0553. The molecule has 3 aromatic rings. The van der Waals surface area contributed by atoms with Crippen molar-refractivity contribution in [1.29, 1.82) is 0 Å². The smallest absolute Gasteiger partial charge is 0.320 e. The average Bonchev–Trinajstić information content (AvgIpc) is 2.62. The Morgan fingerprint density at radius 1 is 1.11 bits per heavy atom. The number of aromatic nitrogens is 2. The van der Waals surface area contributed by atoms with E-state index in [1.165, 1.54) is 0 Å². The van der Waals surface area contributed by atoms with Gasteiger partial charge in [0.05, 0.1) is 17.3 Å². The third-order valence-electron chi connectivity index (χ3n) is 3.96. The van der Waals surface area contributed by atoms with Gasteiger partial charge in [-0.3, -0.25) is 14.2 Å². The molecular formula is C19H15Cl2N3O3. The van der Waals surface area contributed by atoms with Crippen molar-refractivity contribution in [3.8, 4) is 0 Å². The Bertz CT molecular complexity index is 1140. The fourth-order valence-electron chi connectivity index (χ4n) is 2.53. The van der Waals surface area contributed by atoms with Gasteiger partial charge >= 0.3 is 5.69 Å². The first-order chi connectivity index (χ1) is 12.9. The lowest BCUT2D eigenvalue weighted by molar-refractivity contribution is 0.102. The fraction of sp³-hybridized carbons (Fsp3) is 0.105. The molecule has 2 N–H and O–H groups in total. The molecule has 2 aromatic carbocycles. The van der Waals surface area contributed by atoms with Crippen LogP contribution in [0.1, 0.15) is 21.5 Å². The summed E-state index contributed by atoms with van der Waals surface area (Å²) in [4.78, 5) is 39.7. The SMILES string of the molecule is Cc1ccc(NC(=O)c2c[nH]c(=O)n(Cc3ccccc3Cl)c2=O)c(Cl)c1. The van der Waals surface area contributed by atoms with Gasteiger partial charge in [-0.2, -0.15) is 0 Å². The summed E-state index contributed by atoms with van der Waals surface area (Å²) < 4.78 is 0.923. The van der Waals surface area contributed by atoms with Crippen molar-refractivity contribution < 1.29 is 4.79 Å². The fourth-order valence-corrected chi connectivity index (χ4v) is 3.00. The molecular weight excluding hydrogens is 389 g/mol. The summed E-state index contributed by atoms with van der Waals surface area (Å²) in [5, 5.41) is 3.36. The summed E-state index contributed by atoms with van der Waals surface area (Å²) in [6.07, 6.45) is 1.09. The van der Waals surface area contributed by atoms with E-state index in [1.807, 2.05) is 6.92 Å². The van der Waals surface area contributed by atoms with Crippen molar-refractivity contribution in [3.05, 3.63) is 96.2 Å². The third kappa shape index (κ3) is 4.13. The van der Waals surface area contributed by atoms with Crippen LogP contribution in [0, 0.1) is 6.92 Å². The molecule has 3 rings (SSSR count). The zero-order chi connectivity index (χ0) is 19.6. The summed E-state index contributed by atoms with van der Waals surface area (Å²) in [6, 6.07) is 12.0. The maximum Gasteiger partial charge on any atom is 0.328 e. The van der Waals surface area contributed by atoms with Gasteiger partial charge in [0, 0.05) is 11.2 Å². The van der Waals surface area contributed by atoms with Crippen LogP contribution in [0.25, 0.3) is 0 Å². The van der Waals surface area contributed by atoms with Crippen LogP contribution in [0.3, 0.4) is 0 Å². The summed E-state index contributed by atoms with van der Waals surface area (Å²) in [5.41, 5.74) is 0.327. The lowest BCUT2D eigenvalue weighted by atomic mass is 10.2.